The number of aryl methyl sites for hydroxylation is 1. The molecule has 0 atom stereocenters. The number of carbonyl (C=O) groups excluding carboxylic acids is 1. The van der Waals surface area contributed by atoms with Crippen LogP contribution in [0.25, 0.3) is 0 Å². The summed E-state index contributed by atoms with van der Waals surface area (Å²) in [5, 5.41) is 2.63. The monoisotopic (exact) mass is 286 g/mol. The number of carbonyl (C=O) groups is 1. The van der Waals surface area contributed by atoms with E-state index in [1.165, 1.54) is 16.8 Å². The Morgan fingerprint density at radius 3 is 2.86 bits per heavy atom. The lowest BCUT2D eigenvalue weighted by Crippen LogP contribution is -2.34. The predicted octanol–water partition coefficient (Wildman–Crippen LogP) is -0.542. The van der Waals surface area contributed by atoms with Crippen LogP contribution in [0.15, 0.2) is 27.9 Å². The highest BCUT2D eigenvalue weighted by Gasteiger charge is 2.09. The van der Waals surface area contributed by atoms with Gasteiger partial charge in [-0.2, -0.15) is 0 Å². The summed E-state index contributed by atoms with van der Waals surface area (Å²) in [6.07, 6.45) is 1.37. The van der Waals surface area contributed by atoms with Gasteiger partial charge >= 0.3 is 5.69 Å². The van der Waals surface area contributed by atoms with Crippen molar-refractivity contribution in [3.63, 3.8) is 0 Å². The van der Waals surface area contributed by atoms with Crippen LogP contribution in [0.3, 0.4) is 0 Å². The third kappa shape index (κ3) is 3.51. The van der Waals surface area contributed by atoms with E-state index in [0.29, 0.717) is 5.69 Å². The Morgan fingerprint density at radius 1 is 1.43 bits per heavy atom. The number of H-pyrrole nitrogens is 1. The number of anilines is 1. The molecule has 7 nitrogen and oxygen atoms in total. The highest BCUT2D eigenvalue weighted by molar-refractivity contribution is 5.98. The largest absolute Gasteiger partial charge is 0.398 e. The number of rotatable bonds is 4. The molecule has 0 radical (unpaired) electrons. The minimum Gasteiger partial charge on any atom is -0.398 e. The lowest BCUT2D eigenvalue weighted by Gasteiger charge is -2.07. The molecule has 0 fully saturated rings. The third-order valence-corrected chi connectivity index (χ3v) is 2.81. The molecule has 0 unspecified atom stereocenters. The van der Waals surface area contributed by atoms with Gasteiger partial charge in [0.2, 0.25) is 0 Å². The van der Waals surface area contributed by atoms with E-state index in [0.717, 1.165) is 5.56 Å². The van der Waals surface area contributed by atoms with E-state index in [-0.39, 0.29) is 24.6 Å². The van der Waals surface area contributed by atoms with Gasteiger partial charge in [-0.25, -0.2) is 4.79 Å². The highest BCUT2D eigenvalue weighted by Crippen LogP contribution is 2.09. The van der Waals surface area contributed by atoms with Crippen LogP contribution in [-0.2, 0) is 6.54 Å². The highest BCUT2D eigenvalue weighted by atomic mass is 16.2. The second kappa shape index (κ2) is 5.96. The number of aromatic nitrogens is 2. The fourth-order valence-electron chi connectivity index (χ4n) is 1.76. The van der Waals surface area contributed by atoms with Gasteiger partial charge in [0.15, 0.2) is 0 Å². The quantitative estimate of drug-likeness (QED) is 0.701. The molecular weight excluding hydrogens is 272 g/mol. The average Bonchev–Trinajstić information content (AvgIpc) is 2.41. The topological polar surface area (TPSA) is 110 Å². The SMILES string of the molecule is Cc1c#cc(C(=O)NCCn2ccc(=O)[nH]c2=O)c(N)c1. The summed E-state index contributed by atoms with van der Waals surface area (Å²) >= 11 is 0. The van der Waals surface area contributed by atoms with Crippen molar-refractivity contribution in [2.75, 3.05) is 12.3 Å². The van der Waals surface area contributed by atoms with Gasteiger partial charge in [0.25, 0.3) is 11.5 Å². The number of nitrogens with zero attached hydrogens (tertiary/aromatic N) is 1. The zero-order valence-electron chi connectivity index (χ0n) is 11.4. The number of amides is 1. The normalized spacial score (nSPS) is 9.95. The molecule has 2 aromatic rings. The summed E-state index contributed by atoms with van der Waals surface area (Å²) in [5.41, 5.74) is 6.09. The van der Waals surface area contributed by atoms with Crippen LogP contribution in [0.2, 0.25) is 0 Å². The molecule has 0 aliphatic carbocycles. The van der Waals surface area contributed by atoms with Crippen LogP contribution in [-0.4, -0.2) is 22.0 Å². The first-order valence-electron chi connectivity index (χ1n) is 6.25. The maximum atomic E-state index is 11.9. The molecule has 0 saturated heterocycles. The number of nitrogen functional groups attached to an aromatic ring is 1. The van der Waals surface area contributed by atoms with E-state index in [1.54, 1.807) is 13.0 Å². The van der Waals surface area contributed by atoms with Crippen molar-refractivity contribution >= 4 is 11.6 Å². The molecule has 1 heterocycles. The second-order valence-corrected chi connectivity index (χ2v) is 4.47. The van der Waals surface area contributed by atoms with E-state index < -0.39 is 11.2 Å². The number of nitrogens with two attached hydrogens (primary N) is 1. The maximum Gasteiger partial charge on any atom is 0.328 e. The zero-order chi connectivity index (χ0) is 15.4. The average molecular weight is 286 g/mol. The molecule has 7 heteroatoms. The van der Waals surface area contributed by atoms with Crippen LogP contribution in [0, 0.1) is 19.1 Å². The molecule has 0 bridgehead atoms. The van der Waals surface area contributed by atoms with E-state index in [2.05, 4.69) is 22.4 Å². The smallest absolute Gasteiger partial charge is 0.328 e. The minimum atomic E-state index is -0.522. The third-order valence-electron chi connectivity index (χ3n) is 2.81. The molecular formula is C14H14N4O3. The summed E-state index contributed by atoms with van der Waals surface area (Å²) in [5.74, 6) is -0.388. The molecule has 1 aromatic carbocycles. The summed E-state index contributed by atoms with van der Waals surface area (Å²) < 4.78 is 1.29. The summed E-state index contributed by atoms with van der Waals surface area (Å²) in [4.78, 5) is 36.4. The fraction of sp³-hybridized carbons (Fsp3) is 0.214. The van der Waals surface area contributed by atoms with E-state index in [4.69, 9.17) is 5.73 Å². The Labute approximate surface area is 120 Å². The van der Waals surface area contributed by atoms with Gasteiger partial charge in [-0.3, -0.25) is 19.1 Å². The van der Waals surface area contributed by atoms with E-state index >= 15 is 0 Å². The number of aromatic amines is 1. The van der Waals surface area contributed by atoms with Crippen molar-refractivity contribution in [2.45, 2.75) is 13.5 Å². The number of hydrogen-bond donors (Lipinski definition) is 3. The van der Waals surface area contributed by atoms with Gasteiger partial charge in [-0.15, -0.1) is 0 Å². The summed E-state index contributed by atoms with van der Waals surface area (Å²) in [6, 6.07) is 8.36. The van der Waals surface area contributed by atoms with E-state index in [1.807, 2.05) is 0 Å². The fourth-order valence-corrected chi connectivity index (χ4v) is 1.76. The Balaban J connectivity index is 1.98. The zero-order valence-corrected chi connectivity index (χ0v) is 11.4. The van der Waals surface area contributed by atoms with Crippen molar-refractivity contribution in [3.8, 4) is 0 Å². The Kier molecular flexibility index (Phi) is 4.09. The molecule has 0 aliphatic heterocycles. The van der Waals surface area contributed by atoms with Crippen molar-refractivity contribution in [1.82, 2.24) is 14.9 Å². The van der Waals surface area contributed by atoms with Crippen molar-refractivity contribution < 1.29 is 4.79 Å². The van der Waals surface area contributed by atoms with Crippen molar-refractivity contribution in [1.29, 1.82) is 0 Å². The Morgan fingerprint density at radius 2 is 2.19 bits per heavy atom. The molecule has 0 spiro atoms. The van der Waals surface area contributed by atoms with E-state index in [9.17, 15) is 14.4 Å². The lowest BCUT2D eigenvalue weighted by atomic mass is 10.1. The first-order valence-corrected chi connectivity index (χ1v) is 6.25. The predicted molar refractivity (Wildman–Crippen MR) is 76.9 cm³/mol. The van der Waals surface area contributed by atoms with Crippen LogP contribution < -0.4 is 22.3 Å². The van der Waals surface area contributed by atoms with Crippen molar-refractivity contribution in [3.05, 3.63) is 62.4 Å². The van der Waals surface area contributed by atoms with Gasteiger partial charge in [0, 0.05) is 30.9 Å². The summed E-state index contributed by atoms with van der Waals surface area (Å²) in [6.45, 7) is 2.25. The molecule has 0 aliphatic rings. The van der Waals surface area contributed by atoms with Crippen LogP contribution in [0.5, 0.6) is 0 Å². The standard InChI is InChI=1S/C14H14N4O3/c1-9-2-3-10(11(15)8-9)13(20)16-5-7-18-6-4-12(19)17-14(18)21/h4,6,8H,5,7,15H2,1H3,(H,16,20)(H,17,19,21). The Bertz CT molecular complexity index is 776. The molecule has 2 rings (SSSR count). The van der Waals surface area contributed by atoms with Gasteiger partial charge in [0.05, 0.1) is 5.69 Å². The molecule has 108 valence electrons. The minimum absolute atomic E-state index is 0.214. The molecule has 21 heavy (non-hydrogen) atoms. The second-order valence-electron chi connectivity index (χ2n) is 4.47. The summed E-state index contributed by atoms with van der Waals surface area (Å²) in [7, 11) is 0. The molecule has 4 N–H and O–H groups in total. The number of hydrogen-bond acceptors (Lipinski definition) is 4. The molecule has 1 amide bonds. The van der Waals surface area contributed by atoms with Crippen LogP contribution in [0.1, 0.15) is 15.9 Å². The maximum absolute atomic E-state index is 11.9. The first-order chi connectivity index (χ1) is 9.97. The van der Waals surface area contributed by atoms with Gasteiger partial charge in [-0.05, 0) is 13.0 Å². The Hall–Kier alpha value is -3.01. The first kappa shape index (κ1) is 14.4. The lowest BCUT2D eigenvalue weighted by molar-refractivity contribution is 0.0953. The van der Waals surface area contributed by atoms with Crippen LogP contribution in [0.4, 0.5) is 5.69 Å². The number of nitrogens with one attached hydrogen (secondary N) is 2. The van der Waals surface area contributed by atoms with Crippen molar-refractivity contribution in [2.24, 2.45) is 0 Å². The van der Waals surface area contributed by atoms with Gasteiger partial charge in [0.1, 0.15) is 5.56 Å². The van der Waals surface area contributed by atoms with Gasteiger partial charge in [-0.1, -0.05) is 12.1 Å². The van der Waals surface area contributed by atoms with Crippen LogP contribution >= 0.6 is 0 Å². The van der Waals surface area contributed by atoms with Gasteiger partial charge < -0.3 is 11.1 Å². The molecule has 0 saturated carbocycles. The molecule has 1 aromatic heterocycles.